The third kappa shape index (κ3) is 4.17. The van der Waals surface area contributed by atoms with Crippen LogP contribution in [0.5, 0.6) is 0 Å². The maximum atomic E-state index is 12.3. The molecule has 0 bridgehead atoms. The predicted molar refractivity (Wildman–Crippen MR) is 108 cm³/mol. The molecule has 3 aromatic rings. The van der Waals surface area contributed by atoms with Crippen LogP contribution in [0.1, 0.15) is 44.0 Å². The van der Waals surface area contributed by atoms with Gasteiger partial charge in [-0.1, -0.05) is 30.3 Å². The molecule has 0 aliphatic carbocycles. The maximum Gasteiger partial charge on any atom is 0.227 e. The minimum atomic E-state index is -0.0528. The van der Waals surface area contributed by atoms with Gasteiger partial charge < -0.3 is 10.3 Å². The van der Waals surface area contributed by atoms with Crippen molar-refractivity contribution in [2.24, 2.45) is 0 Å². The summed E-state index contributed by atoms with van der Waals surface area (Å²) in [6, 6.07) is 9.82. The summed E-state index contributed by atoms with van der Waals surface area (Å²) in [6.45, 7) is 7.89. The van der Waals surface area contributed by atoms with E-state index in [2.05, 4.69) is 15.3 Å². The van der Waals surface area contributed by atoms with E-state index in [9.17, 15) is 9.59 Å². The van der Waals surface area contributed by atoms with E-state index in [1.165, 1.54) is 11.3 Å². The van der Waals surface area contributed by atoms with Crippen molar-refractivity contribution in [1.82, 2.24) is 15.3 Å². The van der Waals surface area contributed by atoms with E-state index in [0.717, 1.165) is 43.7 Å². The van der Waals surface area contributed by atoms with Crippen LogP contribution < -0.4 is 5.32 Å². The first-order valence-corrected chi connectivity index (χ1v) is 9.66. The lowest BCUT2D eigenvalue weighted by atomic mass is 10.1. The summed E-state index contributed by atoms with van der Waals surface area (Å²) < 4.78 is 0. The summed E-state index contributed by atoms with van der Waals surface area (Å²) in [5.74, 6) is -0.0103. The number of aromatic amines is 1. The van der Waals surface area contributed by atoms with Crippen LogP contribution in [0.25, 0.3) is 11.4 Å². The van der Waals surface area contributed by atoms with Crippen LogP contribution in [0, 0.1) is 20.8 Å². The highest BCUT2D eigenvalue weighted by Crippen LogP contribution is 2.32. The first-order chi connectivity index (χ1) is 12.9. The third-order valence-corrected chi connectivity index (χ3v) is 5.48. The fraction of sp³-hybridized carbons (Fsp3) is 0.286. The number of H-pyrrole nitrogens is 1. The number of benzene rings is 1. The number of hydrogen-bond acceptors (Lipinski definition) is 4. The van der Waals surface area contributed by atoms with Gasteiger partial charge in [0.05, 0.1) is 12.1 Å². The molecule has 0 saturated carbocycles. The van der Waals surface area contributed by atoms with E-state index in [0.29, 0.717) is 6.54 Å². The molecule has 0 spiro atoms. The molecule has 6 heteroatoms. The molecule has 0 unspecified atom stereocenters. The zero-order chi connectivity index (χ0) is 19.6. The summed E-state index contributed by atoms with van der Waals surface area (Å²) in [5.41, 5.74) is 5.23. The van der Waals surface area contributed by atoms with Crippen molar-refractivity contribution in [2.45, 2.75) is 40.7 Å². The van der Waals surface area contributed by atoms with Gasteiger partial charge in [0.15, 0.2) is 5.78 Å². The molecule has 0 aliphatic heterocycles. The topological polar surface area (TPSA) is 74.8 Å². The Balaban J connectivity index is 1.74. The van der Waals surface area contributed by atoms with Crippen LogP contribution in [0.15, 0.2) is 30.3 Å². The Bertz CT molecular complexity index is 987. The number of Topliss-reactive ketones (excluding diaryl/α,β-unsaturated/α-hetero) is 1. The first-order valence-electron chi connectivity index (χ1n) is 8.84. The number of aromatic nitrogens is 2. The molecule has 2 heterocycles. The van der Waals surface area contributed by atoms with E-state index in [-0.39, 0.29) is 18.1 Å². The Kier molecular flexibility index (Phi) is 5.56. The van der Waals surface area contributed by atoms with Gasteiger partial charge in [0, 0.05) is 22.7 Å². The molecule has 0 saturated heterocycles. The quantitative estimate of drug-likeness (QED) is 0.631. The van der Waals surface area contributed by atoms with Gasteiger partial charge in [-0.3, -0.25) is 9.59 Å². The Morgan fingerprint density at radius 3 is 2.48 bits per heavy atom. The summed E-state index contributed by atoms with van der Waals surface area (Å²) in [7, 11) is 0. The Morgan fingerprint density at radius 1 is 1.15 bits per heavy atom. The molecule has 5 nitrogen and oxygen atoms in total. The molecule has 0 aliphatic rings. The SMILES string of the molecule is CC(=O)c1c(C)[nH]c(-c2nc(CC(=O)NCc3ccccc3)sc2C)c1C. The lowest BCUT2D eigenvalue weighted by Crippen LogP contribution is -2.24. The molecule has 2 N–H and O–H groups in total. The number of carbonyl (C=O) groups is 2. The smallest absolute Gasteiger partial charge is 0.227 e. The second-order valence-corrected chi connectivity index (χ2v) is 7.92. The van der Waals surface area contributed by atoms with Gasteiger partial charge in [-0.15, -0.1) is 11.3 Å². The number of amides is 1. The Hall–Kier alpha value is -2.73. The van der Waals surface area contributed by atoms with Gasteiger partial charge in [-0.05, 0) is 38.8 Å². The highest BCUT2D eigenvalue weighted by atomic mass is 32.1. The molecule has 2 aromatic heterocycles. The fourth-order valence-electron chi connectivity index (χ4n) is 3.27. The number of ketones is 1. The molecular formula is C21H23N3O2S. The van der Waals surface area contributed by atoms with Crippen molar-refractivity contribution in [3.63, 3.8) is 0 Å². The van der Waals surface area contributed by atoms with Gasteiger partial charge >= 0.3 is 0 Å². The number of nitrogens with one attached hydrogen (secondary N) is 2. The largest absolute Gasteiger partial charge is 0.356 e. The van der Waals surface area contributed by atoms with Crippen molar-refractivity contribution >= 4 is 23.0 Å². The summed E-state index contributed by atoms with van der Waals surface area (Å²) in [4.78, 5) is 33.1. The molecule has 140 valence electrons. The van der Waals surface area contributed by atoms with Crippen LogP contribution in [-0.2, 0) is 17.8 Å². The maximum absolute atomic E-state index is 12.3. The number of nitrogens with zero attached hydrogens (tertiary/aromatic N) is 1. The number of carbonyl (C=O) groups excluding carboxylic acids is 2. The summed E-state index contributed by atoms with van der Waals surface area (Å²) in [6.07, 6.45) is 0.247. The van der Waals surface area contributed by atoms with Crippen LogP contribution >= 0.6 is 11.3 Å². The Morgan fingerprint density at radius 2 is 1.85 bits per heavy atom. The minimum Gasteiger partial charge on any atom is -0.356 e. The lowest BCUT2D eigenvalue weighted by molar-refractivity contribution is -0.120. The molecule has 27 heavy (non-hydrogen) atoms. The van der Waals surface area contributed by atoms with Gasteiger partial charge in [-0.25, -0.2) is 4.98 Å². The van der Waals surface area contributed by atoms with Crippen LogP contribution in [0.4, 0.5) is 0 Å². The molecule has 3 rings (SSSR count). The Labute approximate surface area is 162 Å². The van der Waals surface area contributed by atoms with Crippen molar-refractivity contribution in [2.75, 3.05) is 0 Å². The fourth-order valence-corrected chi connectivity index (χ4v) is 4.21. The van der Waals surface area contributed by atoms with Gasteiger partial charge in [0.25, 0.3) is 0 Å². The molecule has 1 aromatic carbocycles. The number of aryl methyl sites for hydroxylation is 2. The standard InChI is InChI=1S/C21H23N3O2S/c1-12-19(14(3)25)13(2)23-20(12)21-15(4)27-18(24-21)10-17(26)22-11-16-8-6-5-7-9-16/h5-9,23H,10-11H2,1-4H3,(H,22,26). The average Bonchev–Trinajstić information content (AvgIpc) is 3.12. The lowest BCUT2D eigenvalue weighted by Gasteiger charge is -2.03. The molecular weight excluding hydrogens is 358 g/mol. The van der Waals surface area contributed by atoms with Crippen LogP contribution in [0.2, 0.25) is 0 Å². The number of hydrogen-bond donors (Lipinski definition) is 2. The van der Waals surface area contributed by atoms with E-state index in [4.69, 9.17) is 0 Å². The number of thiazole rings is 1. The van der Waals surface area contributed by atoms with E-state index >= 15 is 0 Å². The van der Waals surface area contributed by atoms with E-state index in [1.54, 1.807) is 6.92 Å². The predicted octanol–water partition coefficient (Wildman–Crippen LogP) is 4.12. The molecule has 1 amide bonds. The second-order valence-electron chi connectivity index (χ2n) is 6.63. The highest BCUT2D eigenvalue weighted by Gasteiger charge is 2.20. The van der Waals surface area contributed by atoms with Crippen LogP contribution in [-0.4, -0.2) is 21.7 Å². The van der Waals surface area contributed by atoms with Gasteiger partial charge in [0.1, 0.15) is 10.7 Å². The van der Waals surface area contributed by atoms with E-state index < -0.39 is 0 Å². The second kappa shape index (κ2) is 7.88. The van der Waals surface area contributed by atoms with Gasteiger partial charge in [0.2, 0.25) is 5.91 Å². The van der Waals surface area contributed by atoms with E-state index in [1.807, 2.05) is 51.1 Å². The highest BCUT2D eigenvalue weighted by molar-refractivity contribution is 7.12. The summed E-state index contributed by atoms with van der Waals surface area (Å²) >= 11 is 1.51. The molecule has 0 atom stereocenters. The summed E-state index contributed by atoms with van der Waals surface area (Å²) in [5, 5.41) is 3.70. The normalized spacial score (nSPS) is 10.8. The van der Waals surface area contributed by atoms with Crippen molar-refractivity contribution in [3.8, 4) is 11.4 Å². The minimum absolute atomic E-state index is 0.0425. The van der Waals surface area contributed by atoms with Gasteiger partial charge in [-0.2, -0.15) is 0 Å². The average molecular weight is 382 g/mol. The van der Waals surface area contributed by atoms with Crippen molar-refractivity contribution in [1.29, 1.82) is 0 Å². The monoisotopic (exact) mass is 381 g/mol. The first kappa shape index (κ1) is 19.0. The van der Waals surface area contributed by atoms with Crippen LogP contribution in [0.3, 0.4) is 0 Å². The van der Waals surface area contributed by atoms with Crippen molar-refractivity contribution < 1.29 is 9.59 Å². The number of rotatable bonds is 6. The zero-order valence-electron chi connectivity index (χ0n) is 16.0. The zero-order valence-corrected chi connectivity index (χ0v) is 16.8. The third-order valence-electron chi connectivity index (χ3n) is 4.51. The van der Waals surface area contributed by atoms with Crippen molar-refractivity contribution in [3.05, 3.63) is 62.6 Å². The molecule has 0 radical (unpaired) electrons. The molecule has 0 fully saturated rings.